The molecule has 2 aromatic rings. The van der Waals surface area contributed by atoms with Crippen molar-refractivity contribution in [3.8, 4) is 5.75 Å². The molecule has 1 amide bonds. The summed E-state index contributed by atoms with van der Waals surface area (Å²) in [5, 5.41) is 3.73. The molecule has 0 heterocycles. The fraction of sp³-hybridized carbons (Fsp3) is 0.235. The van der Waals surface area contributed by atoms with Gasteiger partial charge in [0.05, 0.1) is 13.2 Å². The zero-order chi connectivity index (χ0) is 20.2. The number of sulfonamides is 1. The Morgan fingerprint density at radius 2 is 1.74 bits per heavy atom. The van der Waals surface area contributed by atoms with E-state index in [9.17, 15) is 13.2 Å². The predicted octanol–water partition coefficient (Wildman–Crippen LogP) is 3.64. The SMILES string of the molecule is COc1ccc(Cl)cc1S(=O)(=O)N[C@@H](C)C(=O)NCc1ccc(Cl)cc1Cl. The minimum Gasteiger partial charge on any atom is -0.495 e. The van der Waals surface area contributed by atoms with E-state index < -0.39 is 22.0 Å². The van der Waals surface area contributed by atoms with Crippen molar-refractivity contribution in [2.24, 2.45) is 0 Å². The Morgan fingerprint density at radius 3 is 2.37 bits per heavy atom. The van der Waals surface area contributed by atoms with Gasteiger partial charge in [-0.15, -0.1) is 0 Å². The fourth-order valence-corrected chi connectivity index (χ4v) is 4.32. The zero-order valence-electron chi connectivity index (χ0n) is 14.4. The first-order chi connectivity index (χ1) is 12.6. The second kappa shape index (κ2) is 9.12. The van der Waals surface area contributed by atoms with Gasteiger partial charge in [0.1, 0.15) is 10.6 Å². The summed E-state index contributed by atoms with van der Waals surface area (Å²) >= 11 is 17.8. The molecular formula is C17H17Cl3N2O4S. The number of methoxy groups -OCH3 is 1. The highest BCUT2D eigenvalue weighted by atomic mass is 35.5. The Labute approximate surface area is 172 Å². The minimum atomic E-state index is -4.03. The van der Waals surface area contributed by atoms with E-state index in [1.165, 1.54) is 32.2 Å². The third-order valence-corrected chi connectivity index (χ3v) is 5.99. The third-order valence-electron chi connectivity index (χ3n) is 3.61. The number of halogens is 3. The van der Waals surface area contributed by atoms with Crippen molar-refractivity contribution in [3.63, 3.8) is 0 Å². The molecule has 146 valence electrons. The number of carbonyl (C=O) groups excluding carboxylic acids is 1. The maximum atomic E-state index is 12.6. The number of amides is 1. The molecule has 1 atom stereocenters. The molecule has 0 aliphatic rings. The quantitative estimate of drug-likeness (QED) is 0.673. The number of benzene rings is 2. The van der Waals surface area contributed by atoms with Crippen LogP contribution >= 0.6 is 34.8 Å². The number of rotatable bonds is 7. The smallest absolute Gasteiger partial charge is 0.245 e. The standard InChI is InChI=1S/C17H17Cl3N2O4S/c1-10(17(23)21-9-11-3-4-12(18)7-14(11)20)22-27(24,25)16-8-13(19)5-6-15(16)26-2/h3-8,10,22H,9H2,1-2H3,(H,21,23)/t10-/m0/s1. The van der Waals surface area contributed by atoms with E-state index in [0.717, 1.165) is 0 Å². The first-order valence-electron chi connectivity index (χ1n) is 7.71. The molecule has 0 radical (unpaired) electrons. The molecule has 0 fully saturated rings. The van der Waals surface area contributed by atoms with Gasteiger partial charge in [-0.1, -0.05) is 40.9 Å². The Morgan fingerprint density at radius 1 is 1.11 bits per heavy atom. The van der Waals surface area contributed by atoms with Crippen LogP contribution in [0.4, 0.5) is 0 Å². The van der Waals surface area contributed by atoms with Crippen molar-refractivity contribution >= 4 is 50.7 Å². The zero-order valence-corrected chi connectivity index (χ0v) is 17.5. The summed E-state index contributed by atoms with van der Waals surface area (Å²) in [6.45, 7) is 1.55. The van der Waals surface area contributed by atoms with Gasteiger partial charge in [-0.2, -0.15) is 4.72 Å². The van der Waals surface area contributed by atoms with Gasteiger partial charge in [-0.25, -0.2) is 8.42 Å². The summed E-state index contributed by atoms with van der Waals surface area (Å²) in [7, 11) is -2.69. The van der Waals surface area contributed by atoms with E-state index in [1.54, 1.807) is 18.2 Å². The summed E-state index contributed by atoms with van der Waals surface area (Å²) in [5.41, 5.74) is 0.654. The lowest BCUT2D eigenvalue weighted by Gasteiger charge is -2.16. The van der Waals surface area contributed by atoms with Gasteiger partial charge in [-0.3, -0.25) is 4.79 Å². The van der Waals surface area contributed by atoms with Crippen LogP contribution < -0.4 is 14.8 Å². The van der Waals surface area contributed by atoms with E-state index in [-0.39, 0.29) is 22.2 Å². The van der Waals surface area contributed by atoms with E-state index in [0.29, 0.717) is 15.6 Å². The molecule has 0 spiro atoms. The molecule has 10 heteroatoms. The lowest BCUT2D eigenvalue weighted by molar-refractivity contribution is -0.122. The second-order valence-corrected chi connectivity index (χ2v) is 8.55. The Kier molecular flexibility index (Phi) is 7.36. The van der Waals surface area contributed by atoms with Crippen LogP contribution in [0.2, 0.25) is 15.1 Å². The number of nitrogens with one attached hydrogen (secondary N) is 2. The number of ether oxygens (including phenoxy) is 1. The van der Waals surface area contributed by atoms with Crippen molar-refractivity contribution in [1.29, 1.82) is 0 Å². The van der Waals surface area contributed by atoms with Crippen LogP contribution in [0.1, 0.15) is 12.5 Å². The van der Waals surface area contributed by atoms with E-state index >= 15 is 0 Å². The molecule has 2 N–H and O–H groups in total. The summed E-state index contributed by atoms with van der Waals surface area (Å²) in [4.78, 5) is 12.1. The van der Waals surface area contributed by atoms with Crippen molar-refractivity contribution in [2.75, 3.05) is 7.11 Å². The van der Waals surface area contributed by atoms with Crippen LogP contribution in [0.15, 0.2) is 41.3 Å². The van der Waals surface area contributed by atoms with E-state index in [2.05, 4.69) is 10.0 Å². The minimum absolute atomic E-state index is 0.118. The molecule has 6 nitrogen and oxygen atoms in total. The summed E-state index contributed by atoms with van der Waals surface area (Å²) in [6, 6.07) is 8.03. The third kappa shape index (κ3) is 5.73. The van der Waals surface area contributed by atoms with Crippen molar-refractivity contribution < 1.29 is 17.9 Å². The van der Waals surface area contributed by atoms with Gasteiger partial charge < -0.3 is 10.1 Å². The molecule has 0 aliphatic heterocycles. The van der Waals surface area contributed by atoms with Gasteiger partial charge in [0.15, 0.2) is 0 Å². The number of carbonyl (C=O) groups is 1. The Hall–Kier alpha value is -1.51. The monoisotopic (exact) mass is 450 g/mol. The van der Waals surface area contributed by atoms with Crippen LogP contribution in [0, 0.1) is 0 Å². The van der Waals surface area contributed by atoms with Gasteiger partial charge in [-0.05, 0) is 42.8 Å². The first-order valence-corrected chi connectivity index (χ1v) is 10.3. The molecule has 0 aliphatic carbocycles. The molecule has 0 unspecified atom stereocenters. The van der Waals surface area contributed by atoms with Gasteiger partial charge in [0.2, 0.25) is 15.9 Å². The highest BCUT2D eigenvalue weighted by molar-refractivity contribution is 7.89. The van der Waals surface area contributed by atoms with Crippen molar-refractivity contribution in [1.82, 2.24) is 10.0 Å². The summed E-state index contributed by atoms with van der Waals surface area (Å²) in [6.07, 6.45) is 0. The average molecular weight is 452 g/mol. The first kappa shape index (κ1) is 21.8. The molecule has 2 aromatic carbocycles. The summed E-state index contributed by atoms with van der Waals surface area (Å²) in [5.74, 6) is -0.405. The molecule has 2 rings (SSSR count). The fourth-order valence-electron chi connectivity index (χ4n) is 2.21. The lowest BCUT2D eigenvalue weighted by Crippen LogP contribution is -2.44. The molecular weight excluding hydrogens is 435 g/mol. The predicted molar refractivity (Wildman–Crippen MR) is 106 cm³/mol. The normalized spacial score (nSPS) is 12.5. The van der Waals surface area contributed by atoms with Crippen molar-refractivity contribution in [3.05, 3.63) is 57.0 Å². The molecule has 0 aromatic heterocycles. The lowest BCUT2D eigenvalue weighted by atomic mass is 10.2. The van der Waals surface area contributed by atoms with Crippen LogP contribution in [-0.4, -0.2) is 27.5 Å². The summed E-state index contributed by atoms with van der Waals surface area (Å²) < 4.78 is 32.5. The topological polar surface area (TPSA) is 84.5 Å². The average Bonchev–Trinajstić information content (AvgIpc) is 2.60. The van der Waals surface area contributed by atoms with Crippen molar-refractivity contribution in [2.45, 2.75) is 24.4 Å². The molecule has 0 bridgehead atoms. The van der Waals surface area contributed by atoms with E-state index in [4.69, 9.17) is 39.5 Å². The highest BCUT2D eigenvalue weighted by Crippen LogP contribution is 2.27. The largest absolute Gasteiger partial charge is 0.495 e. The highest BCUT2D eigenvalue weighted by Gasteiger charge is 2.25. The Bertz CT molecular complexity index is 951. The molecule has 0 saturated carbocycles. The van der Waals surface area contributed by atoms with Gasteiger partial charge in [0.25, 0.3) is 0 Å². The number of hydrogen-bond acceptors (Lipinski definition) is 4. The maximum absolute atomic E-state index is 12.6. The maximum Gasteiger partial charge on any atom is 0.245 e. The van der Waals surface area contributed by atoms with Gasteiger partial charge >= 0.3 is 0 Å². The molecule has 0 saturated heterocycles. The van der Waals surface area contributed by atoms with Gasteiger partial charge in [0, 0.05) is 21.6 Å². The van der Waals surface area contributed by atoms with Crippen LogP contribution in [0.25, 0.3) is 0 Å². The Balaban J connectivity index is 2.08. The van der Waals surface area contributed by atoms with Crippen LogP contribution in [0.5, 0.6) is 5.75 Å². The van der Waals surface area contributed by atoms with E-state index in [1.807, 2.05) is 0 Å². The van der Waals surface area contributed by atoms with Crippen LogP contribution in [-0.2, 0) is 21.4 Å². The van der Waals surface area contributed by atoms with Crippen LogP contribution in [0.3, 0.4) is 0 Å². The second-order valence-electron chi connectivity index (χ2n) is 5.59. The molecule has 27 heavy (non-hydrogen) atoms. The number of hydrogen-bond donors (Lipinski definition) is 2.